The number of primary amides is 1. The summed E-state index contributed by atoms with van der Waals surface area (Å²) >= 11 is 0. The predicted molar refractivity (Wildman–Crippen MR) is 141 cm³/mol. The molecule has 0 bridgehead atoms. The first kappa shape index (κ1) is 30.4. The van der Waals surface area contributed by atoms with Gasteiger partial charge in [0.05, 0.1) is 0 Å². The molecule has 4 N–H and O–H groups in total. The van der Waals surface area contributed by atoms with Gasteiger partial charge in [-0.15, -0.1) is 6.58 Å². The summed E-state index contributed by atoms with van der Waals surface area (Å²) in [6.45, 7) is 18.1. The second kappa shape index (κ2) is 12.9. The van der Waals surface area contributed by atoms with Gasteiger partial charge >= 0.3 is 6.09 Å². The van der Waals surface area contributed by atoms with E-state index in [4.69, 9.17) is 10.5 Å². The quantitative estimate of drug-likeness (QED) is 0.401. The van der Waals surface area contributed by atoms with Gasteiger partial charge in [-0.05, 0) is 65.2 Å². The summed E-state index contributed by atoms with van der Waals surface area (Å²) < 4.78 is 5.31. The van der Waals surface area contributed by atoms with E-state index in [0.717, 1.165) is 5.56 Å². The van der Waals surface area contributed by atoms with E-state index in [1.165, 1.54) is 11.0 Å². The molecule has 0 spiro atoms. The maximum atomic E-state index is 13.8. The topological polar surface area (TPSA) is 131 Å². The van der Waals surface area contributed by atoms with Crippen molar-refractivity contribution in [3.05, 3.63) is 54.6 Å². The van der Waals surface area contributed by atoms with Crippen LogP contribution in [0.2, 0.25) is 0 Å². The number of nitrogens with two attached hydrogens (primary N) is 1. The third kappa shape index (κ3) is 10.3. The van der Waals surface area contributed by atoms with Crippen LogP contribution in [-0.4, -0.2) is 52.4 Å². The number of carbonyl (C=O) groups excluding carboxylic acids is 4. The standard InChI is InChI=1S/C27H40N4O5/c1-9-16-31(24(34)20(14-15-21(28)32)29-25(35)36-27(6,7)8)22(23(33)30-26(3,4)5)19-13-11-12-18(10-2)17-19/h9-13,17,20,22H,1-2,14-16H2,3-8H3,(H2,28,32)(H,29,35)(H,30,33). The Hall–Kier alpha value is -3.62. The highest BCUT2D eigenvalue weighted by molar-refractivity contribution is 5.93. The fraction of sp³-hybridized carbons (Fsp3) is 0.481. The Balaban J connectivity index is 3.53. The fourth-order valence-corrected chi connectivity index (χ4v) is 3.42. The van der Waals surface area contributed by atoms with E-state index in [9.17, 15) is 19.2 Å². The van der Waals surface area contributed by atoms with Crippen molar-refractivity contribution in [3.63, 3.8) is 0 Å². The van der Waals surface area contributed by atoms with Crippen molar-refractivity contribution in [3.8, 4) is 0 Å². The molecule has 2 atom stereocenters. The number of nitrogens with zero attached hydrogens (tertiary/aromatic N) is 1. The molecule has 0 heterocycles. The lowest BCUT2D eigenvalue weighted by molar-refractivity contribution is -0.142. The minimum Gasteiger partial charge on any atom is -0.444 e. The lowest BCUT2D eigenvalue weighted by Gasteiger charge is -2.35. The molecule has 0 aliphatic heterocycles. The zero-order chi connectivity index (χ0) is 27.7. The first-order valence-corrected chi connectivity index (χ1v) is 11.8. The van der Waals surface area contributed by atoms with Crippen molar-refractivity contribution in [2.45, 2.75) is 77.6 Å². The Labute approximate surface area is 214 Å². The lowest BCUT2D eigenvalue weighted by Crippen LogP contribution is -2.54. The molecule has 9 heteroatoms. The maximum Gasteiger partial charge on any atom is 0.408 e. The third-order valence-corrected chi connectivity index (χ3v) is 4.80. The van der Waals surface area contributed by atoms with Crippen LogP contribution in [0.5, 0.6) is 0 Å². The molecule has 4 amide bonds. The van der Waals surface area contributed by atoms with Gasteiger partial charge in [0.2, 0.25) is 17.7 Å². The monoisotopic (exact) mass is 500 g/mol. The summed E-state index contributed by atoms with van der Waals surface area (Å²) in [6, 6.07) is 4.88. The Morgan fingerprint density at radius 2 is 1.75 bits per heavy atom. The highest BCUT2D eigenvalue weighted by Crippen LogP contribution is 2.25. The molecule has 0 aliphatic rings. The molecule has 0 saturated heterocycles. The lowest BCUT2D eigenvalue weighted by atomic mass is 9.98. The normalized spacial score (nSPS) is 13.1. The first-order chi connectivity index (χ1) is 16.6. The number of nitrogens with one attached hydrogen (secondary N) is 2. The number of rotatable bonds is 11. The van der Waals surface area contributed by atoms with Crippen molar-refractivity contribution >= 4 is 29.9 Å². The van der Waals surface area contributed by atoms with Crippen molar-refractivity contribution in [1.29, 1.82) is 0 Å². The van der Waals surface area contributed by atoms with E-state index in [1.807, 2.05) is 26.8 Å². The van der Waals surface area contributed by atoms with Gasteiger partial charge in [0.15, 0.2) is 0 Å². The molecule has 0 fully saturated rings. The highest BCUT2D eigenvalue weighted by Gasteiger charge is 2.37. The molecule has 9 nitrogen and oxygen atoms in total. The molecule has 1 rings (SSSR count). The minimum atomic E-state index is -1.17. The SMILES string of the molecule is C=CCN(C(=O)C(CCC(N)=O)NC(=O)OC(C)(C)C)C(C(=O)NC(C)(C)C)c1cccc(C=C)c1. The Morgan fingerprint density at radius 3 is 2.25 bits per heavy atom. The van der Waals surface area contributed by atoms with Crippen LogP contribution in [0.25, 0.3) is 6.08 Å². The van der Waals surface area contributed by atoms with Crippen LogP contribution >= 0.6 is 0 Å². The maximum absolute atomic E-state index is 13.8. The van der Waals surface area contributed by atoms with Crippen LogP contribution in [0.1, 0.15) is 71.6 Å². The Kier molecular flexibility index (Phi) is 10.9. The van der Waals surface area contributed by atoms with Gasteiger partial charge in [0, 0.05) is 18.5 Å². The molecule has 2 unspecified atom stereocenters. The molecule has 36 heavy (non-hydrogen) atoms. The molecule has 0 saturated carbocycles. The molecular weight excluding hydrogens is 460 g/mol. The molecular formula is C27H40N4O5. The molecule has 1 aromatic carbocycles. The van der Waals surface area contributed by atoms with E-state index in [1.54, 1.807) is 45.0 Å². The fourth-order valence-electron chi connectivity index (χ4n) is 3.42. The van der Waals surface area contributed by atoms with Gasteiger partial charge in [-0.1, -0.05) is 36.9 Å². The van der Waals surface area contributed by atoms with Gasteiger partial charge in [0.1, 0.15) is 17.7 Å². The number of carbonyl (C=O) groups is 4. The van der Waals surface area contributed by atoms with Crippen LogP contribution in [0.4, 0.5) is 4.79 Å². The van der Waals surface area contributed by atoms with Gasteiger partial charge < -0.3 is 26.0 Å². The molecule has 0 aromatic heterocycles. The average Bonchev–Trinajstić information content (AvgIpc) is 2.73. The average molecular weight is 501 g/mol. The van der Waals surface area contributed by atoms with Crippen LogP contribution in [0, 0.1) is 0 Å². The number of alkyl carbamates (subject to hydrolysis) is 1. The summed E-state index contributed by atoms with van der Waals surface area (Å²) in [5, 5.41) is 5.47. The number of hydrogen-bond acceptors (Lipinski definition) is 5. The molecule has 1 aromatic rings. The van der Waals surface area contributed by atoms with Crippen LogP contribution in [-0.2, 0) is 19.1 Å². The summed E-state index contributed by atoms with van der Waals surface area (Å²) in [7, 11) is 0. The van der Waals surface area contributed by atoms with E-state index >= 15 is 0 Å². The highest BCUT2D eigenvalue weighted by atomic mass is 16.6. The molecule has 198 valence electrons. The smallest absolute Gasteiger partial charge is 0.408 e. The molecule has 0 radical (unpaired) electrons. The zero-order valence-electron chi connectivity index (χ0n) is 22.2. The Bertz CT molecular complexity index is 975. The third-order valence-electron chi connectivity index (χ3n) is 4.80. The van der Waals surface area contributed by atoms with E-state index in [-0.39, 0.29) is 19.4 Å². The number of hydrogen-bond donors (Lipinski definition) is 3. The van der Waals surface area contributed by atoms with E-state index in [2.05, 4.69) is 23.8 Å². The van der Waals surface area contributed by atoms with Gasteiger partial charge in [-0.3, -0.25) is 14.4 Å². The number of ether oxygens (including phenoxy) is 1. The molecule has 0 aliphatic carbocycles. The van der Waals surface area contributed by atoms with Gasteiger partial charge in [-0.25, -0.2) is 4.79 Å². The van der Waals surface area contributed by atoms with Crippen molar-refractivity contribution < 1.29 is 23.9 Å². The largest absolute Gasteiger partial charge is 0.444 e. The van der Waals surface area contributed by atoms with Crippen LogP contribution in [0.15, 0.2) is 43.5 Å². The second-order valence-corrected chi connectivity index (χ2v) is 10.5. The number of amides is 4. The first-order valence-electron chi connectivity index (χ1n) is 11.8. The number of benzene rings is 1. The zero-order valence-corrected chi connectivity index (χ0v) is 22.2. The van der Waals surface area contributed by atoms with Crippen LogP contribution in [0.3, 0.4) is 0 Å². The second-order valence-electron chi connectivity index (χ2n) is 10.5. The van der Waals surface area contributed by atoms with Crippen LogP contribution < -0.4 is 16.4 Å². The van der Waals surface area contributed by atoms with Gasteiger partial charge in [-0.2, -0.15) is 0 Å². The summed E-state index contributed by atoms with van der Waals surface area (Å²) in [5.41, 5.74) is 5.25. The van der Waals surface area contributed by atoms with Crippen molar-refractivity contribution in [1.82, 2.24) is 15.5 Å². The summed E-state index contributed by atoms with van der Waals surface area (Å²) in [5.74, 6) is -1.63. The Morgan fingerprint density at radius 1 is 1.11 bits per heavy atom. The van der Waals surface area contributed by atoms with E-state index in [0.29, 0.717) is 5.56 Å². The van der Waals surface area contributed by atoms with E-state index < -0.39 is 47.0 Å². The summed E-state index contributed by atoms with van der Waals surface area (Å²) in [6.07, 6.45) is 2.08. The minimum absolute atomic E-state index is 0.00243. The van der Waals surface area contributed by atoms with Gasteiger partial charge in [0.25, 0.3) is 0 Å². The van der Waals surface area contributed by atoms with Crippen molar-refractivity contribution in [2.24, 2.45) is 5.73 Å². The summed E-state index contributed by atoms with van der Waals surface area (Å²) in [4.78, 5) is 52.7. The predicted octanol–water partition coefficient (Wildman–Crippen LogP) is 3.46. The van der Waals surface area contributed by atoms with Crippen molar-refractivity contribution in [2.75, 3.05) is 6.54 Å².